The van der Waals surface area contributed by atoms with Crippen molar-refractivity contribution in [2.24, 2.45) is 0 Å². The third-order valence-electron chi connectivity index (χ3n) is 3.71. The lowest BCUT2D eigenvalue weighted by Crippen LogP contribution is -2.19. The van der Waals surface area contributed by atoms with Gasteiger partial charge in [0.1, 0.15) is 5.00 Å². The van der Waals surface area contributed by atoms with Crippen LogP contribution in [-0.2, 0) is 6.42 Å². The highest BCUT2D eigenvalue weighted by atomic mass is 32.1. The monoisotopic (exact) mass is 284 g/mol. The first-order valence-corrected chi connectivity index (χ1v) is 7.15. The number of benzene rings is 1. The fourth-order valence-electron chi connectivity index (χ4n) is 2.61. The van der Waals surface area contributed by atoms with Crippen molar-refractivity contribution < 1.29 is 4.52 Å². The Morgan fingerprint density at radius 2 is 2.20 bits per heavy atom. The highest BCUT2D eigenvalue weighted by Gasteiger charge is 2.31. The van der Waals surface area contributed by atoms with Crippen LogP contribution in [0.2, 0.25) is 0 Å². The maximum Gasteiger partial charge on any atom is 0.262 e. The van der Waals surface area contributed by atoms with E-state index in [0.29, 0.717) is 10.9 Å². The molecule has 1 aliphatic carbocycles. The molecule has 0 radical (unpaired) electrons. The number of nitrogens with zero attached hydrogens (tertiary/aromatic N) is 3. The highest BCUT2D eigenvalue weighted by molar-refractivity contribution is 7.10. The second kappa shape index (κ2) is 4.14. The van der Waals surface area contributed by atoms with E-state index in [1.165, 1.54) is 22.7 Å². The lowest BCUT2D eigenvalue weighted by Gasteiger charge is -2.27. The summed E-state index contributed by atoms with van der Waals surface area (Å²) in [6.07, 6.45) is 0.964. The second-order valence-electron chi connectivity index (χ2n) is 4.92. The van der Waals surface area contributed by atoms with Crippen LogP contribution in [-0.4, -0.2) is 14.5 Å². The Morgan fingerprint density at radius 3 is 2.95 bits per heavy atom. The van der Waals surface area contributed by atoms with Gasteiger partial charge in [-0.3, -0.25) is 0 Å². The Bertz CT molecular complexity index is 773. The van der Waals surface area contributed by atoms with Crippen molar-refractivity contribution in [3.05, 3.63) is 46.9 Å². The first-order valence-electron chi connectivity index (χ1n) is 6.37. The fraction of sp³-hybridized carbons (Fsp3) is 0.214. The minimum absolute atomic E-state index is 0.233. The van der Waals surface area contributed by atoms with Crippen LogP contribution in [0.1, 0.15) is 28.6 Å². The molecule has 100 valence electrons. The van der Waals surface area contributed by atoms with Gasteiger partial charge in [-0.2, -0.15) is 9.36 Å². The summed E-state index contributed by atoms with van der Waals surface area (Å²) in [6, 6.07) is 8.35. The Hall–Kier alpha value is -2.21. The lowest BCUT2D eigenvalue weighted by molar-refractivity contribution is 0.416. The number of aryl methyl sites for hydroxylation is 1. The third-order valence-corrected chi connectivity index (χ3v) is 4.48. The molecule has 0 amide bonds. The summed E-state index contributed by atoms with van der Waals surface area (Å²) in [5.41, 5.74) is 10.1. The van der Waals surface area contributed by atoms with Gasteiger partial charge in [0.25, 0.3) is 5.89 Å². The molecule has 1 unspecified atom stereocenters. The number of nitrogen functional groups attached to an aromatic ring is 1. The van der Waals surface area contributed by atoms with Crippen molar-refractivity contribution in [2.45, 2.75) is 19.3 Å². The van der Waals surface area contributed by atoms with Gasteiger partial charge in [0.05, 0.1) is 17.2 Å². The minimum atomic E-state index is 0.233. The van der Waals surface area contributed by atoms with Crippen molar-refractivity contribution >= 4 is 16.5 Å². The van der Waals surface area contributed by atoms with Crippen LogP contribution in [0.15, 0.2) is 28.8 Å². The first kappa shape index (κ1) is 11.6. The molecule has 0 saturated heterocycles. The van der Waals surface area contributed by atoms with Gasteiger partial charge in [0, 0.05) is 0 Å². The molecule has 6 heteroatoms. The zero-order valence-corrected chi connectivity index (χ0v) is 11.6. The summed E-state index contributed by atoms with van der Waals surface area (Å²) in [5.74, 6) is 1.42. The summed E-state index contributed by atoms with van der Waals surface area (Å²) in [5, 5.41) is 4.73. The zero-order valence-electron chi connectivity index (χ0n) is 10.8. The molecule has 2 aromatic heterocycles. The average Bonchev–Trinajstić information content (AvgIpc) is 2.99. The number of nitrogens with two attached hydrogens (primary N) is 1. The van der Waals surface area contributed by atoms with E-state index in [0.717, 1.165) is 23.5 Å². The maximum absolute atomic E-state index is 5.91. The topological polar surface area (TPSA) is 77.8 Å². The van der Waals surface area contributed by atoms with Crippen LogP contribution in [0, 0.1) is 6.92 Å². The second-order valence-corrected chi connectivity index (χ2v) is 5.73. The highest BCUT2D eigenvalue weighted by Crippen LogP contribution is 2.40. The predicted molar refractivity (Wildman–Crippen MR) is 76.5 cm³/mol. The number of rotatable bonds is 2. The van der Waals surface area contributed by atoms with Crippen molar-refractivity contribution in [3.8, 4) is 11.5 Å². The standard InChI is InChI=1S/C14H12N4OS/c1-7-11(12(15)20-18-7)14-16-13(17-19-14)10-6-8-4-2-3-5-9(8)10/h2-5,10H,6,15H2,1H3. The quantitative estimate of drug-likeness (QED) is 0.783. The molecule has 20 heavy (non-hydrogen) atoms. The molecule has 2 heterocycles. The van der Waals surface area contributed by atoms with Crippen LogP contribution in [0.3, 0.4) is 0 Å². The Labute approximate surface area is 119 Å². The van der Waals surface area contributed by atoms with Crippen LogP contribution in [0.5, 0.6) is 0 Å². The molecular formula is C14H12N4OS. The first-order chi connectivity index (χ1) is 9.74. The Kier molecular flexibility index (Phi) is 2.40. The SMILES string of the molecule is Cc1nsc(N)c1-c1nc(C2Cc3ccccc32)no1. The number of aromatic nitrogens is 3. The summed E-state index contributed by atoms with van der Waals surface area (Å²) >= 11 is 1.25. The molecule has 1 aliphatic rings. The summed E-state index contributed by atoms with van der Waals surface area (Å²) in [6.45, 7) is 1.89. The van der Waals surface area contributed by atoms with E-state index < -0.39 is 0 Å². The van der Waals surface area contributed by atoms with Gasteiger partial charge in [-0.25, -0.2) is 0 Å². The third kappa shape index (κ3) is 1.58. The van der Waals surface area contributed by atoms with Gasteiger partial charge in [0.2, 0.25) is 0 Å². The summed E-state index contributed by atoms with van der Waals surface area (Å²) in [7, 11) is 0. The van der Waals surface area contributed by atoms with E-state index in [2.05, 4.69) is 32.7 Å². The van der Waals surface area contributed by atoms with Gasteiger partial charge in [-0.1, -0.05) is 29.4 Å². The minimum Gasteiger partial charge on any atom is -0.389 e. The van der Waals surface area contributed by atoms with Crippen molar-refractivity contribution in [2.75, 3.05) is 5.73 Å². The zero-order chi connectivity index (χ0) is 13.7. The molecule has 0 saturated carbocycles. The van der Waals surface area contributed by atoms with Crippen LogP contribution >= 0.6 is 11.5 Å². The number of hydrogen-bond acceptors (Lipinski definition) is 6. The van der Waals surface area contributed by atoms with Crippen LogP contribution in [0.4, 0.5) is 5.00 Å². The molecule has 1 aromatic carbocycles. The van der Waals surface area contributed by atoms with E-state index >= 15 is 0 Å². The van der Waals surface area contributed by atoms with E-state index in [-0.39, 0.29) is 5.92 Å². The fourth-order valence-corrected chi connectivity index (χ4v) is 3.27. The van der Waals surface area contributed by atoms with Crippen molar-refractivity contribution in [1.82, 2.24) is 14.5 Å². The van der Waals surface area contributed by atoms with Gasteiger partial charge >= 0.3 is 0 Å². The van der Waals surface area contributed by atoms with Gasteiger partial charge in [-0.05, 0) is 36.0 Å². The van der Waals surface area contributed by atoms with E-state index in [1.807, 2.05) is 13.0 Å². The number of fused-ring (bicyclic) bond motifs is 1. The molecule has 3 aromatic rings. The van der Waals surface area contributed by atoms with Crippen LogP contribution in [0.25, 0.3) is 11.5 Å². The molecule has 2 N–H and O–H groups in total. The maximum atomic E-state index is 5.91. The normalized spacial score (nSPS) is 16.8. The van der Waals surface area contributed by atoms with Crippen molar-refractivity contribution in [1.29, 1.82) is 0 Å². The predicted octanol–water partition coefficient (Wildman–Crippen LogP) is 2.77. The number of hydrogen-bond donors (Lipinski definition) is 1. The molecule has 5 nitrogen and oxygen atoms in total. The lowest BCUT2D eigenvalue weighted by atomic mass is 9.77. The van der Waals surface area contributed by atoms with Crippen LogP contribution < -0.4 is 5.73 Å². The van der Waals surface area contributed by atoms with Gasteiger partial charge < -0.3 is 10.3 Å². The molecule has 0 spiro atoms. The van der Waals surface area contributed by atoms with Gasteiger partial charge in [-0.15, -0.1) is 0 Å². The van der Waals surface area contributed by atoms with E-state index in [4.69, 9.17) is 10.3 Å². The summed E-state index contributed by atoms with van der Waals surface area (Å²) in [4.78, 5) is 4.50. The molecular weight excluding hydrogens is 272 g/mol. The smallest absolute Gasteiger partial charge is 0.262 e. The Balaban J connectivity index is 1.71. The van der Waals surface area contributed by atoms with E-state index in [9.17, 15) is 0 Å². The molecule has 4 rings (SSSR count). The molecule has 0 aliphatic heterocycles. The summed E-state index contributed by atoms with van der Waals surface area (Å²) < 4.78 is 9.57. The molecule has 0 fully saturated rings. The average molecular weight is 284 g/mol. The van der Waals surface area contributed by atoms with Gasteiger partial charge in [0.15, 0.2) is 5.82 Å². The number of anilines is 1. The molecule has 1 atom stereocenters. The van der Waals surface area contributed by atoms with Crippen molar-refractivity contribution in [3.63, 3.8) is 0 Å². The largest absolute Gasteiger partial charge is 0.389 e. The molecule has 0 bridgehead atoms. The van der Waals surface area contributed by atoms with E-state index in [1.54, 1.807) is 0 Å². The Morgan fingerprint density at radius 1 is 1.35 bits per heavy atom.